The van der Waals surface area contributed by atoms with Crippen LogP contribution in [-0.4, -0.2) is 28.0 Å². The van der Waals surface area contributed by atoms with Gasteiger partial charge in [-0.25, -0.2) is 5.01 Å². The topological polar surface area (TPSA) is 52.9 Å². The molecule has 0 amide bonds. The van der Waals surface area contributed by atoms with Gasteiger partial charge in [-0.3, -0.25) is 9.98 Å². The molecule has 2 aliphatic heterocycles. The number of aliphatic imine (C=N–C) groups is 1. The standard InChI is InChI=1S/C20H27N5/c1-13-10-20-19(22-11-13)9-8-18(23-20)7-6-14(2)24-25-15(3)12-21-16(4)17(25)5/h8-9,12-13,22H,5-7,10-11H2,1-4H3/b24-14+. The van der Waals surface area contributed by atoms with Gasteiger partial charge in [0.15, 0.2) is 0 Å². The van der Waals surface area contributed by atoms with Crippen molar-refractivity contribution in [3.8, 4) is 0 Å². The predicted octanol–water partition coefficient (Wildman–Crippen LogP) is 4.15. The maximum absolute atomic E-state index is 4.85. The second-order valence-electron chi connectivity index (χ2n) is 7.07. The number of hydrazone groups is 1. The summed E-state index contributed by atoms with van der Waals surface area (Å²) < 4.78 is 0. The van der Waals surface area contributed by atoms with Gasteiger partial charge < -0.3 is 5.32 Å². The molecular weight excluding hydrogens is 310 g/mol. The average Bonchev–Trinajstić information content (AvgIpc) is 2.60. The summed E-state index contributed by atoms with van der Waals surface area (Å²) in [6.45, 7) is 13.4. The molecule has 0 saturated carbocycles. The van der Waals surface area contributed by atoms with Crippen LogP contribution in [0.5, 0.6) is 0 Å². The van der Waals surface area contributed by atoms with E-state index in [2.05, 4.69) is 42.9 Å². The maximum atomic E-state index is 4.85. The lowest BCUT2D eigenvalue weighted by atomic mass is 9.99. The lowest BCUT2D eigenvalue weighted by molar-refractivity contribution is 0.470. The first kappa shape index (κ1) is 17.4. The van der Waals surface area contributed by atoms with Gasteiger partial charge in [0.2, 0.25) is 0 Å². The number of fused-ring (bicyclic) bond motifs is 1. The van der Waals surface area contributed by atoms with Gasteiger partial charge >= 0.3 is 0 Å². The van der Waals surface area contributed by atoms with E-state index in [1.165, 1.54) is 11.4 Å². The van der Waals surface area contributed by atoms with E-state index in [1.54, 1.807) is 0 Å². The Bertz CT molecular complexity index is 770. The van der Waals surface area contributed by atoms with Crippen molar-refractivity contribution < 1.29 is 0 Å². The molecule has 0 aromatic carbocycles. The van der Waals surface area contributed by atoms with Crippen LogP contribution in [-0.2, 0) is 12.8 Å². The lowest BCUT2D eigenvalue weighted by Gasteiger charge is -2.25. The molecule has 0 saturated heterocycles. The average molecular weight is 337 g/mol. The molecule has 3 heterocycles. The number of aryl methyl sites for hydroxylation is 1. The first-order valence-electron chi connectivity index (χ1n) is 8.91. The summed E-state index contributed by atoms with van der Waals surface area (Å²) in [5, 5.41) is 10.1. The van der Waals surface area contributed by atoms with E-state index in [0.717, 1.165) is 54.3 Å². The SMILES string of the molecule is C=C1C(C)=NC=C(C)N1/N=C(\C)CCc1ccc2c(n1)CC(C)CN2. The van der Waals surface area contributed by atoms with Gasteiger partial charge in [-0.05, 0) is 58.1 Å². The summed E-state index contributed by atoms with van der Waals surface area (Å²) in [7, 11) is 0. The molecule has 0 spiro atoms. The molecule has 1 unspecified atom stereocenters. The molecule has 0 bridgehead atoms. The third kappa shape index (κ3) is 3.98. The zero-order valence-corrected chi connectivity index (χ0v) is 15.6. The van der Waals surface area contributed by atoms with Crippen molar-refractivity contribution in [1.29, 1.82) is 0 Å². The van der Waals surface area contributed by atoms with Crippen LogP contribution < -0.4 is 5.32 Å². The Kier molecular flexibility index (Phi) is 5.02. The Labute approximate surface area is 150 Å². The van der Waals surface area contributed by atoms with E-state index in [9.17, 15) is 0 Å². The Balaban J connectivity index is 1.65. The van der Waals surface area contributed by atoms with Gasteiger partial charge in [0, 0.05) is 24.2 Å². The first-order chi connectivity index (χ1) is 11.9. The molecule has 1 aromatic rings. The molecule has 1 N–H and O–H groups in total. The zero-order chi connectivity index (χ0) is 18.0. The number of pyridine rings is 1. The summed E-state index contributed by atoms with van der Waals surface area (Å²) in [6.07, 6.45) is 4.66. The molecule has 2 aliphatic rings. The normalized spacial score (nSPS) is 20.6. The Hall–Kier alpha value is -2.43. The minimum atomic E-state index is 0.642. The van der Waals surface area contributed by atoms with Crippen molar-refractivity contribution in [1.82, 2.24) is 9.99 Å². The van der Waals surface area contributed by atoms with Gasteiger partial charge in [-0.1, -0.05) is 13.5 Å². The van der Waals surface area contributed by atoms with Crippen molar-refractivity contribution in [2.24, 2.45) is 16.0 Å². The van der Waals surface area contributed by atoms with Crippen LogP contribution in [0.3, 0.4) is 0 Å². The van der Waals surface area contributed by atoms with E-state index in [0.29, 0.717) is 5.92 Å². The van der Waals surface area contributed by atoms with Crippen LogP contribution in [0.4, 0.5) is 5.69 Å². The molecule has 1 atom stereocenters. The van der Waals surface area contributed by atoms with Crippen LogP contribution in [0.2, 0.25) is 0 Å². The highest BCUT2D eigenvalue weighted by Crippen LogP contribution is 2.23. The Morgan fingerprint density at radius 3 is 3.00 bits per heavy atom. The molecule has 1 aromatic heterocycles. The molecule has 25 heavy (non-hydrogen) atoms. The van der Waals surface area contributed by atoms with Crippen LogP contribution in [0.1, 0.15) is 45.5 Å². The maximum Gasteiger partial charge on any atom is 0.0789 e. The van der Waals surface area contributed by atoms with E-state index in [-0.39, 0.29) is 0 Å². The van der Waals surface area contributed by atoms with Gasteiger partial charge in [0.05, 0.1) is 28.5 Å². The van der Waals surface area contributed by atoms with Crippen molar-refractivity contribution >= 4 is 17.1 Å². The predicted molar refractivity (Wildman–Crippen MR) is 105 cm³/mol. The lowest BCUT2D eigenvalue weighted by Crippen LogP contribution is -2.23. The fraction of sp³-hybridized carbons (Fsp3) is 0.450. The molecule has 0 radical (unpaired) electrons. The second-order valence-corrected chi connectivity index (χ2v) is 7.07. The van der Waals surface area contributed by atoms with Gasteiger partial charge in [-0.15, -0.1) is 0 Å². The highest BCUT2D eigenvalue weighted by molar-refractivity contribution is 5.98. The summed E-state index contributed by atoms with van der Waals surface area (Å²) in [6, 6.07) is 4.28. The number of aromatic nitrogens is 1. The van der Waals surface area contributed by atoms with E-state index >= 15 is 0 Å². The Morgan fingerprint density at radius 2 is 2.20 bits per heavy atom. The number of nitrogens with zero attached hydrogens (tertiary/aromatic N) is 4. The summed E-state index contributed by atoms with van der Waals surface area (Å²) >= 11 is 0. The number of anilines is 1. The fourth-order valence-corrected chi connectivity index (χ4v) is 3.04. The third-order valence-electron chi connectivity index (χ3n) is 4.68. The second kappa shape index (κ2) is 7.21. The highest BCUT2D eigenvalue weighted by Gasteiger charge is 2.17. The van der Waals surface area contributed by atoms with Crippen LogP contribution >= 0.6 is 0 Å². The number of allylic oxidation sites excluding steroid dienone is 2. The molecule has 0 aliphatic carbocycles. The number of nitrogens with one attached hydrogen (secondary N) is 1. The molecule has 5 nitrogen and oxygen atoms in total. The summed E-state index contributed by atoms with van der Waals surface area (Å²) in [5.41, 5.74) is 7.31. The van der Waals surface area contributed by atoms with E-state index < -0.39 is 0 Å². The number of hydrogen-bond acceptors (Lipinski definition) is 5. The third-order valence-corrected chi connectivity index (χ3v) is 4.68. The van der Waals surface area contributed by atoms with Crippen molar-refractivity contribution in [3.05, 3.63) is 47.7 Å². The minimum absolute atomic E-state index is 0.642. The van der Waals surface area contributed by atoms with Crippen LogP contribution in [0.15, 0.2) is 46.4 Å². The highest BCUT2D eigenvalue weighted by atomic mass is 15.5. The van der Waals surface area contributed by atoms with Crippen molar-refractivity contribution in [2.45, 2.75) is 47.0 Å². The fourth-order valence-electron chi connectivity index (χ4n) is 3.04. The molecule has 132 valence electrons. The van der Waals surface area contributed by atoms with Crippen molar-refractivity contribution in [2.75, 3.05) is 11.9 Å². The smallest absolute Gasteiger partial charge is 0.0789 e. The van der Waals surface area contributed by atoms with Crippen LogP contribution in [0, 0.1) is 5.92 Å². The minimum Gasteiger partial charge on any atom is -0.383 e. The van der Waals surface area contributed by atoms with Gasteiger partial charge in [0.1, 0.15) is 0 Å². The number of rotatable bonds is 4. The largest absolute Gasteiger partial charge is 0.383 e. The van der Waals surface area contributed by atoms with Gasteiger partial charge in [-0.2, -0.15) is 5.10 Å². The molecule has 3 rings (SSSR count). The summed E-state index contributed by atoms with van der Waals surface area (Å²) in [5.74, 6) is 0.642. The summed E-state index contributed by atoms with van der Waals surface area (Å²) in [4.78, 5) is 9.16. The zero-order valence-electron chi connectivity index (χ0n) is 15.6. The van der Waals surface area contributed by atoms with E-state index in [1.807, 2.05) is 25.1 Å². The monoisotopic (exact) mass is 337 g/mol. The quantitative estimate of drug-likeness (QED) is 0.840. The van der Waals surface area contributed by atoms with Crippen LogP contribution in [0.25, 0.3) is 0 Å². The molecule has 5 heteroatoms. The number of hydrogen-bond donors (Lipinski definition) is 1. The van der Waals surface area contributed by atoms with Crippen molar-refractivity contribution in [3.63, 3.8) is 0 Å². The molecule has 0 fully saturated rings. The Morgan fingerprint density at radius 1 is 1.40 bits per heavy atom. The van der Waals surface area contributed by atoms with E-state index in [4.69, 9.17) is 10.1 Å². The molecular formula is C20H27N5. The first-order valence-corrected chi connectivity index (χ1v) is 8.91. The van der Waals surface area contributed by atoms with Gasteiger partial charge in [0.25, 0.3) is 0 Å².